The summed E-state index contributed by atoms with van der Waals surface area (Å²) in [6.45, 7) is 4.42. The molecule has 0 aromatic carbocycles. The molecule has 2 heterocycles. The lowest BCUT2D eigenvalue weighted by molar-refractivity contribution is 0.506. The van der Waals surface area contributed by atoms with Gasteiger partial charge in [0.1, 0.15) is 0 Å². The van der Waals surface area contributed by atoms with Crippen LogP contribution in [0.1, 0.15) is 35.7 Å². The second-order valence-electron chi connectivity index (χ2n) is 3.77. The Bertz CT molecular complexity index is 436. The summed E-state index contributed by atoms with van der Waals surface area (Å²) in [7, 11) is 0. The number of nitrogens with one attached hydrogen (secondary N) is 1. The normalized spacial score (nSPS) is 14.9. The average molecular weight is 316 g/mol. The standard InChI is InChI=1S/C12H14BrNS2/c1-8(10-4-3-7-15-10)14-9(2)11-5-6-12(13)16-11/h3-9,14H,1-2H3/t8-,9?/m1/s1. The van der Waals surface area contributed by atoms with Crippen molar-refractivity contribution >= 4 is 38.6 Å². The third kappa shape index (κ3) is 2.94. The van der Waals surface area contributed by atoms with Crippen molar-refractivity contribution in [3.63, 3.8) is 0 Å². The van der Waals surface area contributed by atoms with Crippen LogP contribution in [0.3, 0.4) is 0 Å². The van der Waals surface area contributed by atoms with Gasteiger partial charge in [0, 0.05) is 21.8 Å². The van der Waals surface area contributed by atoms with Crippen molar-refractivity contribution in [1.29, 1.82) is 0 Å². The van der Waals surface area contributed by atoms with Gasteiger partial charge in [-0.1, -0.05) is 6.07 Å². The largest absolute Gasteiger partial charge is 0.302 e. The average Bonchev–Trinajstić information content (AvgIpc) is 2.87. The van der Waals surface area contributed by atoms with E-state index in [1.54, 1.807) is 22.7 Å². The Hall–Kier alpha value is -0.160. The highest BCUT2D eigenvalue weighted by Gasteiger charge is 2.13. The molecule has 2 aromatic rings. The molecule has 2 aromatic heterocycles. The van der Waals surface area contributed by atoms with Gasteiger partial charge in [-0.25, -0.2) is 0 Å². The van der Waals surface area contributed by atoms with Crippen LogP contribution >= 0.6 is 38.6 Å². The van der Waals surface area contributed by atoms with Gasteiger partial charge in [-0.05, 0) is 53.4 Å². The molecule has 0 fully saturated rings. The topological polar surface area (TPSA) is 12.0 Å². The maximum atomic E-state index is 3.61. The van der Waals surface area contributed by atoms with Gasteiger partial charge in [-0.2, -0.15) is 0 Å². The number of hydrogen-bond acceptors (Lipinski definition) is 3. The number of thiophene rings is 2. The highest BCUT2D eigenvalue weighted by molar-refractivity contribution is 9.11. The summed E-state index contributed by atoms with van der Waals surface area (Å²) >= 11 is 7.10. The first-order valence-electron chi connectivity index (χ1n) is 5.21. The molecule has 4 heteroatoms. The Morgan fingerprint density at radius 1 is 1.12 bits per heavy atom. The third-order valence-electron chi connectivity index (χ3n) is 2.49. The highest BCUT2D eigenvalue weighted by Crippen LogP contribution is 2.29. The van der Waals surface area contributed by atoms with E-state index in [1.165, 1.54) is 13.5 Å². The smallest absolute Gasteiger partial charge is 0.0701 e. The fourth-order valence-electron chi connectivity index (χ4n) is 1.64. The molecule has 1 N–H and O–H groups in total. The summed E-state index contributed by atoms with van der Waals surface area (Å²) in [6, 6.07) is 9.37. The molecule has 2 rings (SSSR count). The van der Waals surface area contributed by atoms with Crippen LogP contribution in [-0.2, 0) is 0 Å². The molecule has 2 atom stereocenters. The SMILES string of the molecule is CC(N[C@H](C)c1cccs1)c1ccc(Br)s1. The molecule has 0 bridgehead atoms. The molecule has 1 unspecified atom stereocenters. The fourth-order valence-corrected chi connectivity index (χ4v) is 3.82. The molecule has 0 saturated heterocycles. The Kier molecular flexibility index (Phi) is 4.19. The van der Waals surface area contributed by atoms with Crippen molar-refractivity contribution in [1.82, 2.24) is 5.32 Å². The molecule has 0 spiro atoms. The summed E-state index contributed by atoms with van der Waals surface area (Å²) in [5.74, 6) is 0. The van der Waals surface area contributed by atoms with Crippen LogP contribution < -0.4 is 5.32 Å². The van der Waals surface area contributed by atoms with Crippen LogP contribution in [0.2, 0.25) is 0 Å². The minimum atomic E-state index is 0.397. The van der Waals surface area contributed by atoms with Crippen LogP contribution in [0.5, 0.6) is 0 Å². The van der Waals surface area contributed by atoms with E-state index >= 15 is 0 Å². The predicted molar refractivity (Wildman–Crippen MR) is 76.3 cm³/mol. The van der Waals surface area contributed by atoms with Gasteiger partial charge in [0.15, 0.2) is 0 Å². The van der Waals surface area contributed by atoms with Gasteiger partial charge in [0.05, 0.1) is 3.79 Å². The van der Waals surface area contributed by atoms with E-state index in [-0.39, 0.29) is 0 Å². The minimum absolute atomic E-state index is 0.397. The van der Waals surface area contributed by atoms with E-state index in [0.29, 0.717) is 12.1 Å². The number of hydrogen-bond donors (Lipinski definition) is 1. The Labute approximate surface area is 113 Å². The van der Waals surface area contributed by atoms with Crippen LogP contribution in [0.4, 0.5) is 0 Å². The summed E-state index contributed by atoms with van der Waals surface area (Å²) < 4.78 is 1.19. The van der Waals surface area contributed by atoms with Crippen LogP contribution in [-0.4, -0.2) is 0 Å². The first kappa shape index (κ1) is 12.3. The van der Waals surface area contributed by atoms with Crippen molar-refractivity contribution < 1.29 is 0 Å². The van der Waals surface area contributed by atoms with Crippen molar-refractivity contribution in [2.45, 2.75) is 25.9 Å². The Morgan fingerprint density at radius 3 is 2.44 bits per heavy atom. The van der Waals surface area contributed by atoms with Crippen molar-refractivity contribution in [2.24, 2.45) is 0 Å². The first-order valence-corrected chi connectivity index (χ1v) is 7.70. The summed E-state index contributed by atoms with van der Waals surface area (Å²) in [5.41, 5.74) is 0. The van der Waals surface area contributed by atoms with Crippen LogP contribution in [0.15, 0.2) is 33.4 Å². The number of halogens is 1. The molecule has 0 amide bonds. The predicted octanol–water partition coefficient (Wildman–Crippen LogP) is 4.98. The molecule has 0 radical (unpaired) electrons. The van der Waals surface area contributed by atoms with Gasteiger partial charge in [0.25, 0.3) is 0 Å². The molecule has 16 heavy (non-hydrogen) atoms. The molecule has 0 aliphatic rings. The van der Waals surface area contributed by atoms with Gasteiger partial charge in [-0.15, -0.1) is 22.7 Å². The summed E-state index contributed by atoms with van der Waals surface area (Å²) in [5, 5.41) is 5.74. The Balaban J connectivity index is 2.00. The maximum absolute atomic E-state index is 3.61. The summed E-state index contributed by atoms with van der Waals surface area (Å²) in [4.78, 5) is 2.76. The van der Waals surface area contributed by atoms with E-state index in [9.17, 15) is 0 Å². The number of rotatable bonds is 4. The second-order valence-corrected chi connectivity index (χ2v) is 7.24. The molecule has 0 aliphatic heterocycles. The molecular weight excluding hydrogens is 302 g/mol. The monoisotopic (exact) mass is 315 g/mol. The second kappa shape index (κ2) is 5.45. The van der Waals surface area contributed by atoms with Crippen LogP contribution in [0.25, 0.3) is 0 Å². The zero-order chi connectivity index (χ0) is 11.5. The third-order valence-corrected chi connectivity index (χ3v) is 5.35. The fraction of sp³-hybridized carbons (Fsp3) is 0.333. The molecular formula is C12H14BrNS2. The van der Waals surface area contributed by atoms with Gasteiger partial charge < -0.3 is 5.32 Å². The van der Waals surface area contributed by atoms with Gasteiger partial charge >= 0.3 is 0 Å². The van der Waals surface area contributed by atoms with Crippen molar-refractivity contribution in [3.05, 3.63) is 43.2 Å². The molecule has 0 aliphatic carbocycles. The zero-order valence-electron chi connectivity index (χ0n) is 9.24. The molecule has 1 nitrogen and oxygen atoms in total. The van der Waals surface area contributed by atoms with E-state index in [1.807, 2.05) is 0 Å². The van der Waals surface area contributed by atoms with Crippen molar-refractivity contribution in [2.75, 3.05) is 0 Å². The Morgan fingerprint density at radius 2 is 1.88 bits per heavy atom. The van der Waals surface area contributed by atoms with E-state index in [2.05, 4.69) is 64.7 Å². The van der Waals surface area contributed by atoms with Gasteiger partial charge in [-0.3, -0.25) is 0 Å². The maximum Gasteiger partial charge on any atom is 0.0701 e. The van der Waals surface area contributed by atoms with E-state index in [0.717, 1.165) is 0 Å². The van der Waals surface area contributed by atoms with Crippen molar-refractivity contribution in [3.8, 4) is 0 Å². The molecule has 0 saturated carbocycles. The quantitative estimate of drug-likeness (QED) is 0.838. The lowest BCUT2D eigenvalue weighted by atomic mass is 10.2. The van der Waals surface area contributed by atoms with Crippen LogP contribution in [0, 0.1) is 0 Å². The lowest BCUT2D eigenvalue weighted by Gasteiger charge is -2.17. The van der Waals surface area contributed by atoms with E-state index < -0.39 is 0 Å². The first-order chi connectivity index (χ1) is 7.66. The minimum Gasteiger partial charge on any atom is -0.302 e. The van der Waals surface area contributed by atoms with E-state index in [4.69, 9.17) is 0 Å². The highest BCUT2D eigenvalue weighted by atomic mass is 79.9. The summed E-state index contributed by atoms with van der Waals surface area (Å²) in [6.07, 6.45) is 0. The molecule has 86 valence electrons. The zero-order valence-corrected chi connectivity index (χ0v) is 12.5. The lowest BCUT2D eigenvalue weighted by Crippen LogP contribution is -2.20. The van der Waals surface area contributed by atoms with Gasteiger partial charge in [0.2, 0.25) is 0 Å².